The van der Waals surface area contributed by atoms with E-state index in [9.17, 15) is 9.59 Å². The molecule has 4 unspecified atom stereocenters. The van der Waals surface area contributed by atoms with Gasteiger partial charge in [-0.15, -0.1) is 0 Å². The van der Waals surface area contributed by atoms with Gasteiger partial charge in [0.15, 0.2) is 0 Å². The predicted octanol–water partition coefficient (Wildman–Crippen LogP) is 8.66. The third kappa shape index (κ3) is 12.9. The topological polar surface area (TPSA) is 121 Å². The molecule has 3 aromatic rings. The lowest BCUT2D eigenvalue weighted by molar-refractivity contribution is -0.122. The second-order valence-electron chi connectivity index (χ2n) is 16.7. The molecule has 0 radical (unpaired) electrons. The molecular weight excluding hydrogens is 713 g/mol. The van der Waals surface area contributed by atoms with Gasteiger partial charge in [-0.2, -0.15) is 4.91 Å². The molecule has 0 spiro atoms. The van der Waals surface area contributed by atoms with Crippen LogP contribution in [0.25, 0.3) is 11.1 Å². The highest BCUT2D eigenvalue weighted by Gasteiger charge is 2.52. The van der Waals surface area contributed by atoms with Crippen molar-refractivity contribution < 1.29 is 14.3 Å². The molecule has 10 heteroatoms. The molecule has 3 saturated carbocycles. The van der Waals surface area contributed by atoms with Gasteiger partial charge in [0.1, 0.15) is 5.75 Å². The Labute approximate surface area is 343 Å². The van der Waals surface area contributed by atoms with E-state index in [0.29, 0.717) is 24.1 Å². The van der Waals surface area contributed by atoms with Crippen LogP contribution in [0.4, 0.5) is 5.69 Å². The van der Waals surface area contributed by atoms with E-state index in [1.807, 2.05) is 95.5 Å². The Morgan fingerprint density at radius 1 is 1.00 bits per heavy atom. The van der Waals surface area contributed by atoms with Crippen molar-refractivity contribution >= 4 is 17.5 Å². The predicted molar refractivity (Wildman–Crippen MR) is 237 cm³/mol. The number of carbonyl (C=O) groups is 2. The highest BCUT2D eigenvalue weighted by Crippen LogP contribution is 2.61. The maximum Gasteiger partial charge on any atom is 0.251 e. The molecule has 0 aromatic heterocycles. The van der Waals surface area contributed by atoms with Crippen molar-refractivity contribution in [1.82, 2.24) is 15.1 Å². The number of ether oxygens (including phenoxy) is 1. The number of benzene rings is 3. The minimum Gasteiger partial charge on any atom is -0.496 e. The number of para-hydroxylation sites is 1. The van der Waals surface area contributed by atoms with Gasteiger partial charge in [-0.05, 0) is 112 Å². The van der Waals surface area contributed by atoms with Crippen molar-refractivity contribution in [1.29, 1.82) is 0 Å². The standard InChI is InChI=1S/C33H43N5O3.C10H18.C2H5NO.C2H6/c1-36(2)22-27(17-23-11-7-6-8-12-23)35-33(40)26-18-25(19-28(20-26)37(3)4)29-14-9-13-24(31(29)41-5)21-38-16-10-15-30(38)32(34)39;1-7-4-5-8-6-9(7)10(8,2)3;1-2-3-4;1-2/h6-9,11-14,18-20,27,30H,10,15-17,21-22H2,1-5H3,(H2,34,39)(H,35,40);7-9H,4-6H2,1-3H3;2H2,1H3;1-2H3/t27?,30-;;;/m0.../s1. The van der Waals surface area contributed by atoms with Crippen LogP contribution in [0, 0.1) is 28.1 Å². The highest BCUT2D eigenvalue weighted by molar-refractivity contribution is 5.97. The molecule has 1 heterocycles. The first-order chi connectivity index (χ1) is 27.2. The first-order valence-electron chi connectivity index (χ1n) is 21.0. The Balaban J connectivity index is 0.000000451. The largest absolute Gasteiger partial charge is 0.496 e. The van der Waals surface area contributed by atoms with Crippen molar-refractivity contribution in [2.45, 2.75) is 98.7 Å². The molecular formula is C47H72N6O4. The van der Waals surface area contributed by atoms with Crippen molar-refractivity contribution in [3.8, 4) is 16.9 Å². The number of amides is 2. The fourth-order valence-corrected chi connectivity index (χ4v) is 8.84. The lowest BCUT2D eigenvalue weighted by atomic mass is 9.46. The van der Waals surface area contributed by atoms with E-state index in [1.165, 1.54) is 24.8 Å². The van der Waals surface area contributed by atoms with Crippen molar-refractivity contribution in [3.63, 3.8) is 0 Å². The molecule has 3 aromatic carbocycles. The Morgan fingerprint density at radius 3 is 2.21 bits per heavy atom. The molecule has 4 fully saturated rings. The summed E-state index contributed by atoms with van der Waals surface area (Å²) < 4.78 is 5.95. The van der Waals surface area contributed by atoms with Crippen molar-refractivity contribution in [3.05, 3.63) is 88.3 Å². The van der Waals surface area contributed by atoms with Gasteiger partial charge in [-0.3, -0.25) is 14.5 Å². The van der Waals surface area contributed by atoms with E-state index in [1.54, 1.807) is 14.0 Å². The summed E-state index contributed by atoms with van der Waals surface area (Å²) in [4.78, 5) is 40.8. The number of nitroso groups, excluding NO2 is 1. The van der Waals surface area contributed by atoms with Crippen LogP contribution in [0.15, 0.2) is 71.9 Å². The monoisotopic (exact) mass is 785 g/mol. The molecule has 4 aliphatic rings. The normalized spacial score (nSPS) is 20.8. The molecule has 10 nitrogen and oxygen atoms in total. The summed E-state index contributed by atoms with van der Waals surface area (Å²) in [6, 6.07) is 21.9. The highest BCUT2D eigenvalue weighted by atomic mass is 16.5. The number of methoxy groups -OCH3 is 1. The molecule has 1 saturated heterocycles. The lowest BCUT2D eigenvalue weighted by Gasteiger charge is -2.59. The average Bonchev–Trinajstić information content (AvgIpc) is 3.67. The van der Waals surface area contributed by atoms with E-state index in [-0.39, 0.29) is 23.9 Å². The molecule has 5 atom stereocenters. The van der Waals surface area contributed by atoms with E-state index >= 15 is 0 Å². The number of primary amides is 1. The number of nitrogens with two attached hydrogens (primary N) is 1. The second-order valence-corrected chi connectivity index (χ2v) is 16.7. The van der Waals surface area contributed by atoms with Crippen LogP contribution in [0.3, 0.4) is 0 Å². The third-order valence-electron chi connectivity index (χ3n) is 12.0. The SMILES string of the molecule is CC.CC1CCC2CC1C2(C)C.CCN=O.COc1c(CN2CCC[C@H]2C(N)=O)cccc1-c1cc(C(=O)NC(Cc2ccccc2)CN(C)C)cc(N(C)C)c1. The number of nitrogens with zero attached hydrogens (tertiary/aromatic N) is 4. The number of carbonyl (C=O) groups excluding carboxylic acids is 2. The van der Waals surface area contributed by atoms with Gasteiger partial charge >= 0.3 is 0 Å². The van der Waals surface area contributed by atoms with Crippen LogP contribution >= 0.6 is 0 Å². The summed E-state index contributed by atoms with van der Waals surface area (Å²) in [5.74, 6) is 3.49. The van der Waals surface area contributed by atoms with Gasteiger partial charge in [0.05, 0.1) is 19.7 Å². The Kier molecular flexibility index (Phi) is 18.7. The van der Waals surface area contributed by atoms with Crippen LogP contribution in [0.5, 0.6) is 5.75 Å². The van der Waals surface area contributed by atoms with Crippen LogP contribution in [0.2, 0.25) is 0 Å². The van der Waals surface area contributed by atoms with E-state index in [0.717, 1.165) is 78.2 Å². The molecule has 314 valence electrons. The second kappa shape index (κ2) is 22.6. The number of rotatable bonds is 13. The number of anilines is 1. The molecule has 2 bridgehead atoms. The van der Waals surface area contributed by atoms with Crippen molar-refractivity contribution in [2.75, 3.05) is 59.8 Å². The summed E-state index contributed by atoms with van der Waals surface area (Å²) in [6.45, 7) is 15.5. The molecule has 3 N–H and O–H groups in total. The third-order valence-corrected chi connectivity index (χ3v) is 12.0. The molecule has 1 aliphatic heterocycles. The average molecular weight is 785 g/mol. The summed E-state index contributed by atoms with van der Waals surface area (Å²) in [7, 11) is 9.63. The zero-order valence-electron chi connectivity index (χ0n) is 36.8. The minimum absolute atomic E-state index is 0.0529. The van der Waals surface area contributed by atoms with Crippen LogP contribution in [-0.2, 0) is 17.8 Å². The molecule has 57 heavy (non-hydrogen) atoms. The molecule has 2 amide bonds. The van der Waals surface area contributed by atoms with Crippen molar-refractivity contribution in [2.24, 2.45) is 34.1 Å². The van der Waals surface area contributed by atoms with Gasteiger partial charge < -0.3 is 25.6 Å². The maximum absolute atomic E-state index is 13.7. The lowest BCUT2D eigenvalue weighted by Crippen LogP contribution is -2.51. The minimum atomic E-state index is -0.285. The smallest absolute Gasteiger partial charge is 0.251 e. The summed E-state index contributed by atoms with van der Waals surface area (Å²) in [5.41, 5.74) is 11.8. The zero-order chi connectivity index (χ0) is 42.3. The first kappa shape index (κ1) is 47.1. The van der Waals surface area contributed by atoms with E-state index in [2.05, 4.69) is 59.3 Å². The quantitative estimate of drug-likeness (QED) is 0.167. The van der Waals surface area contributed by atoms with Crippen LogP contribution in [0.1, 0.15) is 95.1 Å². The van der Waals surface area contributed by atoms with Crippen LogP contribution < -0.4 is 20.7 Å². The Hall–Kier alpha value is -4.28. The number of likely N-dealkylation sites (tertiary alicyclic amines) is 1. The van der Waals surface area contributed by atoms with Gasteiger partial charge in [0.2, 0.25) is 5.91 Å². The first-order valence-corrected chi connectivity index (χ1v) is 21.0. The fourth-order valence-electron chi connectivity index (χ4n) is 8.84. The number of hydrogen-bond donors (Lipinski definition) is 2. The summed E-state index contributed by atoms with van der Waals surface area (Å²) in [5, 5.41) is 5.77. The zero-order valence-corrected chi connectivity index (χ0v) is 36.8. The summed E-state index contributed by atoms with van der Waals surface area (Å²) in [6.07, 6.45) is 7.00. The van der Waals surface area contributed by atoms with Gasteiger partial charge in [-0.1, -0.05) is 94.7 Å². The number of fused-ring (bicyclic) bond motifs is 2. The number of nitrogens with one attached hydrogen (secondary N) is 1. The summed E-state index contributed by atoms with van der Waals surface area (Å²) >= 11 is 0. The number of hydrogen-bond acceptors (Lipinski definition) is 8. The van der Waals surface area contributed by atoms with E-state index in [4.69, 9.17) is 15.4 Å². The maximum atomic E-state index is 13.7. The Bertz CT molecular complexity index is 1710. The molecule has 3 aliphatic carbocycles. The number of likely N-dealkylation sites (N-methyl/N-ethyl adjacent to an activating group) is 1. The van der Waals surface area contributed by atoms with Gasteiger partial charge in [0.25, 0.3) is 5.91 Å². The Morgan fingerprint density at radius 2 is 1.68 bits per heavy atom. The van der Waals surface area contributed by atoms with Crippen LogP contribution in [-0.4, -0.2) is 88.6 Å². The van der Waals surface area contributed by atoms with E-state index < -0.39 is 0 Å². The molecule has 7 rings (SSSR count). The fraction of sp³-hybridized carbons (Fsp3) is 0.574. The van der Waals surface area contributed by atoms with Gasteiger partial charge in [0, 0.05) is 55.6 Å². The van der Waals surface area contributed by atoms with Gasteiger partial charge in [-0.25, -0.2) is 0 Å².